The monoisotopic (exact) mass is 377 g/mol. The van der Waals surface area contributed by atoms with E-state index in [9.17, 15) is 4.79 Å². The average Bonchev–Trinajstić information content (AvgIpc) is 2.62. The normalized spacial score (nSPS) is 13.8. The van der Waals surface area contributed by atoms with Gasteiger partial charge in [-0.25, -0.2) is 9.78 Å². The number of unbranched alkanes of at least 4 members (excludes halogenated alkanes) is 1. The minimum Gasteiger partial charge on any atom is -0.465 e. The quantitative estimate of drug-likeness (QED) is 0.233. The van der Waals surface area contributed by atoms with E-state index < -0.39 is 5.97 Å². The molecule has 5 nitrogen and oxygen atoms in total. The summed E-state index contributed by atoms with van der Waals surface area (Å²) < 4.78 is 4.89. The highest BCUT2D eigenvalue weighted by molar-refractivity contribution is 7.85. The molecule has 0 saturated carbocycles. The zero-order chi connectivity index (χ0) is 19.5. The van der Waals surface area contributed by atoms with E-state index in [1.54, 1.807) is 18.3 Å². The van der Waals surface area contributed by atoms with Gasteiger partial charge < -0.3 is 15.8 Å². The second-order valence-electron chi connectivity index (χ2n) is 6.35. The third-order valence-corrected chi connectivity index (χ3v) is 4.56. The minimum absolute atomic E-state index is 0.261. The maximum absolute atomic E-state index is 12.1. The van der Waals surface area contributed by atoms with E-state index in [0.717, 1.165) is 43.4 Å². The lowest BCUT2D eigenvalue weighted by Crippen LogP contribution is -2.11. The lowest BCUT2D eigenvalue weighted by Gasteiger charge is -2.20. The number of aromatic nitrogens is 1. The number of anilines is 2. The van der Waals surface area contributed by atoms with Gasteiger partial charge in [0.25, 0.3) is 0 Å². The predicted octanol–water partition coefficient (Wildman–Crippen LogP) is 4.94. The molecule has 0 aliphatic heterocycles. The first kappa shape index (κ1) is 22.1. The minimum atomic E-state index is -0.410. The number of pyridine rings is 1. The number of allylic oxidation sites excluding steroid dienone is 3. The fourth-order valence-electron chi connectivity index (χ4n) is 2.84. The van der Waals surface area contributed by atoms with Gasteiger partial charge in [0.2, 0.25) is 0 Å². The van der Waals surface area contributed by atoms with Crippen LogP contribution < -0.4 is 11.1 Å². The molecule has 1 unspecified atom stereocenters. The number of nitrogens with zero attached hydrogens (tertiary/aromatic N) is 1. The lowest BCUT2D eigenvalue weighted by atomic mass is 9.88. The van der Waals surface area contributed by atoms with Gasteiger partial charge >= 0.3 is 5.97 Å². The highest BCUT2D eigenvalue weighted by atomic mass is 32.1. The van der Waals surface area contributed by atoms with E-state index in [0.29, 0.717) is 16.4 Å². The summed E-state index contributed by atoms with van der Waals surface area (Å²) in [5.74, 6) is 0.515. The van der Waals surface area contributed by atoms with Crippen molar-refractivity contribution in [3.8, 4) is 0 Å². The third kappa shape index (κ3) is 7.12. The van der Waals surface area contributed by atoms with Crippen molar-refractivity contribution in [2.75, 3.05) is 18.2 Å². The van der Waals surface area contributed by atoms with Crippen LogP contribution >= 0.6 is 12.6 Å². The Kier molecular flexibility index (Phi) is 9.88. The molecular weight excluding hydrogens is 346 g/mol. The molecule has 1 aromatic heterocycles. The van der Waals surface area contributed by atoms with Crippen LogP contribution in [0.4, 0.5) is 11.5 Å². The Bertz CT molecular complexity index is 656. The molecule has 0 aliphatic rings. The SMILES string of the molecule is CCCCC(CCC)C(/C=C(\C)Nc1cc(N)ccn1)=C(/S)C(=O)OC. The molecule has 26 heavy (non-hydrogen) atoms. The Hall–Kier alpha value is -1.95. The van der Waals surface area contributed by atoms with Crippen LogP contribution in [0, 0.1) is 5.92 Å². The number of thiol groups is 1. The van der Waals surface area contributed by atoms with Crippen LogP contribution in [0.5, 0.6) is 0 Å². The highest BCUT2D eigenvalue weighted by Gasteiger charge is 2.19. The number of esters is 1. The maximum atomic E-state index is 12.1. The Morgan fingerprint density at radius 2 is 2.12 bits per heavy atom. The fourth-order valence-corrected chi connectivity index (χ4v) is 3.17. The van der Waals surface area contributed by atoms with Gasteiger partial charge in [0.15, 0.2) is 0 Å². The van der Waals surface area contributed by atoms with E-state index in [1.165, 1.54) is 7.11 Å². The summed E-state index contributed by atoms with van der Waals surface area (Å²) in [5.41, 5.74) is 8.22. The van der Waals surface area contributed by atoms with Crippen molar-refractivity contribution in [2.24, 2.45) is 5.92 Å². The number of carbonyl (C=O) groups excluding carboxylic acids is 1. The summed E-state index contributed by atoms with van der Waals surface area (Å²) in [7, 11) is 1.38. The first-order valence-electron chi connectivity index (χ1n) is 9.11. The van der Waals surface area contributed by atoms with Crippen molar-refractivity contribution in [3.63, 3.8) is 0 Å². The Balaban J connectivity index is 3.19. The molecule has 0 spiro atoms. The van der Waals surface area contributed by atoms with E-state index in [-0.39, 0.29) is 5.92 Å². The second-order valence-corrected chi connectivity index (χ2v) is 6.80. The summed E-state index contributed by atoms with van der Waals surface area (Å²) in [6.07, 6.45) is 8.89. The molecule has 1 rings (SSSR count). The first-order valence-corrected chi connectivity index (χ1v) is 9.55. The van der Waals surface area contributed by atoms with Crippen molar-refractivity contribution in [1.82, 2.24) is 4.98 Å². The number of ether oxygens (including phenoxy) is 1. The van der Waals surface area contributed by atoms with Gasteiger partial charge in [0.1, 0.15) is 5.82 Å². The number of nitrogens with two attached hydrogens (primary N) is 1. The molecule has 144 valence electrons. The summed E-state index contributed by atoms with van der Waals surface area (Å²) in [6, 6.07) is 3.50. The molecule has 0 fully saturated rings. The largest absolute Gasteiger partial charge is 0.465 e. The molecule has 0 radical (unpaired) electrons. The summed E-state index contributed by atoms with van der Waals surface area (Å²) >= 11 is 4.47. The Morgan fingerprint density at radius 1 is 1.38 bits per heavy atom. The van der Waals surface area contributed by atoms with Crippen molar-refractivity contribution in [2.45, 2.75) is 52.9 Å². The molecule has 0 amide bonds. The number of nitrogens with one attached hydrogen (secondary N) is 1. The van der Waals surface area contributed by atoms with Crippen LogP contribution in [0.3, 0.4) is 0 Å². The number of methoxy groups -OCH3 is 1. The van der Waals surface area contributed by atoms with Crippen molar-refractivity contribution < 1.29 is 9.53 Å². The number of hydrogen-bond donors (Lipinski definition) is 3. The van der Waals surface area contributed by atoms with Gasteiger partial charge in [-0.3, -0.25) is 0 Å². The van der Waals surface area contributed by atoms with E-state index in [4.69, 9.17) is 10.5 Å². The van der Waals surface area contributed by atoms with Crippen molar-refractivity contribution in [1.29, 1.82) is 0 Å². The number of hydrogen-bond acceptors (Lipinski definition) is 6. The Labute approximate surface area is 162 Å². The topological polar surface area (TPSA) is 77.2 Å². The average molecular weight is 378 g/mol. The summed E-state index contributed by atoms with van der Waals surface area (Å²) in [4.78, 5) is 16.7. The van der Waals surface area contributed by atoms with Crippen LogP contribution in [0.15, 0.2) is 40.6 Å². The van der Waals surface area contributed by atoms with Crippen molar-refractivity contribution >= 4 is 30.1 Å². The van der Waals surface area contributed by atoms with Gasteiger partial charge in [0, 0.05) is 23.6 Å². The van der Waals surface area contributed by atoms with Gasteiger partial charge in [-0.05, 0) is 43.4 Å². The molecule has 0 aliphatic carbocycles. The van der Waals surface area contributed by atoms with E-state index in [1.807, 2.05) is 13.0 Å². The molecular formula is C20H31N3O2S. The first-order chi connectivity index (χ1) is 12.4. The lowest BCUT2D eigenvalue weighted by molar-refractivity contribution is -0.135. The number of rotatable bonds is 10. The van der Waals surface area contributed by atoms with Crippen LogP contribution in [0.2, 0.25) is 0 Å². The van der Waals surface area contributed by atoms with Crippen LogP contribution in [0.1, 0.15) is 52.9 Å². The van der Waals surface area contributed by atoms with E-state index >= 15 is 0 Å². The van der Waals surface area contributed by atoms with Crippen LogP contribution in [-0.4, -0.2) is 18.1 Å². The molecule has 1 heterocycles. The predicted molar refractivity (Wildman–Crippen MR) is 112 cm³/mol. The van der Waals surface area contributed by atoms with Crippen LogP contribution in [-0.2, 0) is 9.53 Å². The van der Waals surface area contributed by atoms with Gasteiger partial charge in [0.05, 0.1) is 12.0 Å². The zero-order valence-corrected chi connectivity index (χ0v) is 17.1. The zero-order valence-electron chi connectivity index (χ0n) is 16.2. The molecule has 0 saturated heterocycles. The molecule has 1 atom stereocenters. The van der Waals surface area contributed by atoms with Crippen LogP contribution in [0.25, 0.3) is 0 Å². The van der Waals surface area contributed by atoms with Gasteiger partial charge in [-0.2, -0.15) is 0 Å². The fraction of sp³-hybridized carbons (Fsp3) is 0.500. The number of nitrogen functional groups attached to an aromatic ring is 1. The Morgan fingerprint density at radius 3 is 2.69 bits per heavy atom. The molecule has 3 N–H and O–H groups in total. The summed E-state index contributed by atoms with van der Waals surface area (Å²) in [5, 5.41) is 3.23. The molecule has 0 aromatic carbocycles. The van der Waals surface area contributed by atoms with E-state index in [2.05, 4.69) is 36.8 Å². The van der Waals surface area contributed by atoms with Gasteiger partial charge in [-0.1, -0.05) is 33.1 Å². The standard InChI is InChI=1S/C20H31N3O2S/c1-5-7-9-15(8-6-2)17(19(26)20(24)25-4)12-14(3)23-18-13-16(21)10-11-22-18/h10-13,15,26H,5-9H2,1-4H3,(H3,21,22,23)/b14-12+,19-17+. The highest BCUT2D eigenvalue weighted by Crippen LogP contribution is 2.30. The summed E-state index contributed by atoms with van der Waals surface area (Å²) in [6.45, 7) is 6.26. The second kappa shape index (κ2) is 11.6. The molecule has 1 aromatic rings. The van der Waals surface area contributed by atoms with Crippen molar-refractivity contribution in [3.05, 3.63) is 40.6 Å². The number of carbonyl (C=O) groups is 1. The molecule has 6 heteroatoms. The smallest absolute Gasteiger partial charge is 0.344 e. The maximum Gasteiger partial charge on any atom is 0.344 e. The van der Waals surface area contributed by atoms with Gasteiger partial charge in [-0.15, -0.1) is 12.6 Å². The molecule has 0 bridgehead atoms. The third-order valence-electron chi connectivity index (χ3n) is 4.12.